The van der Waals surface area contributed by atoms with Gasteiger partial charge >= 0.3 is 0 Å². The summed E-state index contributed by atoms with van der Waals surface area (Å²) < 4.78 is 6.78. The molecular formula is C24H26N4O4. The zero-order chi connectivity index (χ0) is 23.1. The molecule has 166 valence electrons. The van der Waals surface area contributed by atoms with E-state index in [2.05, 4.69) is 15.7 Å². The summed E-state index contributed by atoms with van der Waals surface area (Å²) in [7, 11) is 0. The monoisotopic (exact) mass is 434 g/mol. The molecular weight excluding hydrogens is 408 g/mol. The number of rotatable bonds is 7. The number of hydrogen-bond acceptors (Lipinski definition) is 5. The number of amides is 2. The first-order chi connectivity index (χ1) is 15.2. The van der Waals surface area contributed by atoms with Crippen molar-refractivity contribution < 1.29 is 14.3 Å². The van der Waals surface area contributed by atoms with Gasteiger partial charge in [-0.3, -0.25) is 14.4 Å². The normalized spacial score (nSPS) is 11.0. The Morgan fingerprint density at radius 1 is 0.938 bits per heavy atom. The van der Waals surface area contributed by atoms with E-state index in [0.29, 0.717) is 17.0 Å². The van der Waals surface area contributed by atoms with Gasteiger partial charge < -0.3 is 15.4 Å². The minimum atomic E-state index is -0.463. The smallest absolute Gasteiger partial charge is 0.276 e. The van der Waals surface area contributed by atoms with Gasteiger partial charge in [-0.05, 0) is 63.2 Å². The van der Waals surface area contributed by atoms with E-state index in [0.717, 1.165) is 0 Å². The SMILES string of the molecule is CC(C)(C)NC(=O)c1ccc(NC(=O)c2ccc(=O)n(CCOc3ccccc3)n2)cc1. The molecule has 1 aromatic heterocycles. The molecule has 0 saturated carbocycles. The van der Waals surface area contributed by atoms with Crippen LogP contribution < -0.4 is 20.9 Å². The summed E-state index contributed by atoms with van der Waals surface area (Å²) in [5.41, 5.74) is 0.425. The number of ether oxygens (including phenoxy) is 1. The van der Waals surface area contributed by atoms with E-state index in [1.165, 1.54) is 16.8 Å². The second kappa shape index (κ2) is 9.91. The van der Waals surface area contributed by atoms with Crippen molar-refractivity contribution in [3.8, 4) is 5.75 Å². The van der Waals surface area contributed by atoms with Crippen molar-refractivity contribution in [2.75, 3.05) is 11.9 Å². The predicted molar refractivity (Wildman–Crippen MR) is 122 cm³/mol. The lowest BCUT2D eigenvalue weighted by molar-refractivity contribution is 0.0919. The average Bonchev–Trinajstić information content (AvgIpc) is 2.75. The Balaban J connectivity index is 1.62. The van der Waals surface area contributed by atoms with Gasteiger partial charge in [0, 0.05) is 22.9 Å². The van der Waals surface area contributed by atoms with Crippen molar-refractivity contribution in [2.45, 2.75) is 32.9 Å². The topological polar surface area (TPSA) is 102 Å². The number of anilines is 1. The van der Waals surface area contributed by atoms with Crippen LogP contribution in [0.3, 0.4) is 0 Å². The van der Waals surface area contributed by atoms with Crippen LogP contribution in [0.4, 0.5) is 5.69 Å². The van der Waals surface area contributed by atoms with Crippen LogP contribution in [0.15, 0.2) is 71.5 Å². The quantitative estimate of drug-likeness (QED) is 0.595. The summed E-state index contributed by atoms with van der Waals surface area (Å²) in [4.78, 5) is 36.9. The van der Waals surface area contributed by atoms with E-state index in [-0.39, 0.29) is 35.9 Å². The molecule has 0 radical (unpaired) electrons. The molecule has 0 aliphatic rings. The number of aromatic nitrogens is 2. The summed E-state index contributed by atoms with van der Waals surface area (Å²) in [5, 5.41) is 9.74. The third-order valence-electron chi connectivity index (χ3n) is 4.31. The highest BCUT2D eigenvalue weighted by Crippen LogP contribution is 2.12. The van der Waals surface area contributed by atoms with E-state index >= 15 is 0 Å². The third kappa shape index (κ3) is 6.53. The average molecular weight is 434 g/mol. The molecule has 8 heteroatoms. The Bertz CT molecular complexity index is 1130. The van der Waals surface area contributed by atoms with Crippen molar-refractivity contribution >= 4 is 17.5 Å². The molecule has 8 nitrogen and oxygen atoms in total. The number of para-hydroxylation sites is 1. The first-order valence-corrected chi connectivity index (χ1v) is 10.2. The molecule has 1 heterocycles. The van der Waals surface area contributed by atoms with Crippen molar-refractivity contribution in [3.05, 3.63) is 88.3 Å². The van der Waals surface area contributed by atoms with E-state index in [4.69, 9.17) is 4.74 Å². The summed E-state index contributed by atoms with van der Waals surface area (Å²) >= 11 is 0. The number of nitrogens with one attached hydrogen (secondary N) is 2. The molecule has 0 spiro atoms. The number of nitrogens with zero attached hydrogens (tertiary/aromatic N) is 2. The molecule has 2 N–H and O–H groups in total. The van der Waals surface area contributed by atoms with Crippen LogP contribution in [0.1, 0.15) is 41.6 Å². The number of hydrogen-bond donors (Lipinski definition) is 2. The lowest BCUT2D eigenvalue weighted by Gasteiger charge is -2.20. The minimum absolute atomic E-state index is 0.0962. The lowest BCUT2D eigenvalue weighted by atomic mass is 10.1. The van der Waals surface area contributed by atoms with Gasteiger partial charge in [0.2, 0.25) is 0 Å². The summed E-state index contributed by atoms with van der Waals surface area (Å²) in [6, 6.07) is 18.4. The first-order valence-electron chi connectivity index (χ1n) is 10.2. The van der Waals surface area contributed by atoms with Crippen LogP contribution in [-0.2, 0) is 6.54 Å². The van der Waals surface area contributed by atoms with Gasteiger partial charge in [0.25, 0.3) is 17.4 Å². The van der Waals surface area contributed by atoms with Crippen molar-refractivity contribution in [3.63, 3.8) is 0 Å². The van der Waals surface area contributed by atoms with Crippen LogP contribution in [-0.4, -0.2) is 33.7 Å². The number of carbonyl (C=O) groups excluding carboxylic acids is 2. The van der Waals surface area contributed by atoms with Crippen LogP contribution in [0.25, 0.3) is 0 Å². The zero-order valence-corrected chi connectivity index (χ0v) is 18.3. The lowest BCUT2D eigenvalue weighted by Crippen LogP contribution is -2.40. The number of benzene rings is 2. The largest absolute Gasteiger partial charge is 0.492 e. The van der Waals surface area contributed by atoms with Gasteiger partial charge in [-0.15, -0.1) is 0 Å². The molecule has 0 fully saturated rings. The molecule has 0 bridgehead atoms. The van der Waals surface area contributed by atoms with Gasteiger partial charge in [0.15, 0.2) is 0 Å². The zero-order valence-electron chi connectivity index (χ0n) is 18.3. The summed E-state index contributed by atoms with van der Waals surface area (Å²) in [5.74, 6) is 0.0329. The fourth-order valence-corrected chi connectivity index (χ4v) is 2.81. The van der Waals surface area contributed by atoms with Gasteiger partial charge in [0.1, 0.15) is 18.1 Å². The van der Waals surface area contributed by atoms with Gasteiger partial charge in [-0.1, -0.05) is 18.2 Å². The molecule has 0 aliphatic heterocycles. The van der Waals surface area contributed by atoms with E-state index in [1.54, 1.807) is 24.3 Å². The Morgan fingerprint density at radius 2 is 1.62 bits per heavy atom. The molecule has 0 unspecified atom stereocenters. The second-order valence-corrected chi connectivity index (χ2v) is 8.18. The van der Waals surface area contributed by atoms with Crippen molar-refractivity contribution in [2.24, 2.45) is 0 Å². The summed E-state index contributed by atoms with van der Waals surface area (Å²) in [6.07, 6.45) is 0. The Hall–Kier alpha value is -3.94. The molecule has 3 aromatic rings. The van der Waals surface area contributed by atoms with Crippen LogP contribution >= 0.6 is 0 Å². The predicted octanol–water partition coefficient (Wildman–Crippen LogP) is 3.10. The maximum absolute atomic E-state index is 12.6. The number of carbonyl (C=O) groups is 2. The van der Waals surface area contributed by atoms with Crippen LogP contribution in [0.2, 0.25) is 0 Å². The Morgan fingerprint density at radius 3 is 2.28 bits per heavy atom. The molecule has 3 rings (SSSR count). The maximum Gasteiger partial charge on any atom is 0.276 e. The fourth-order valence-electron chi connectivity index (χ4n) is 2.81. The molecule has 0 aliphatic carbocycles. The van der Waals surface area contributed by atoms with Crippen LogP contribution in [0.5, 0.6) is 5.75 Å². The van der Waals surface area contributed by atoms with Crippen molar-refractivity contribution in [1.29, 1.82) is 0 Å². The first kappa shape index (κ1) is 22.7. The van der Waals surface area contributed by atoms with E-state index < -0.39 is 5.91 Å². The highest BCUT2D eigenvalue weighted by Gasteiger charge is 2.15. The van der Waals surface area contributed by atoms with Gasteiger partial charge in [-0.2, -0.15) is 5.10 Å². The Kier molecular flexibility index (Phi) is 7.04. The molecule has 32 heavy (non-hydrogen) atoms. The van der Waals surface area contributed by atoms with Crippen molar-refractivity contribution in [1.82, 2.24) is 15.1 Å². The van der Waals surface area contributed by atoms with E-state index in [1.807, 2.05) is 51.1 Å². The molecule has 2 amide bonds. The highest BCUT2D eigenvalue weighted by atomic mass is 16.5. The molecule has 0 saturated heterocycles. The fraction of sp³-hybridized carbons (Fsp3) is 0.250. The maximum atomic E-state index is 12.6. The van der Waals surface area contributed by atoms with Crippen LogP contribution in [0, 0.1) is 0 Å². The third-order valence-corrected chi connectivity index (χ3v) is 4.31. The van der Waals surface area contributed by atoms with Gasteiger partial charge in [-0.25, -0.2) is 4.68 Å². The van der Waals surface area contributed by atoms with Gasteiger partial charge in [0.05, 0.1) is 6.54 Å². The highest BCUT2D eigenvalue weighted by molar-refractivity contribution is 6.03. The Labute approximate surface area is 186 Å². The molecule has 0 atom stereocenters. The minimum Gasteiger partial charge on any atom is -0.492 e. The second-order valence-electron chi connectivity index (χ2n) is 8.18. The van der Waals surface area contributed by atoms with E-state index in [9.17, 15) is 14.4 Å². The molecule has 2 aromatic carbocycles. The standard InChI is InChI=1S/C24H26N4O4/c1-24(2,3)26-22(30)17-9-11-18(12-10-17)25-23(31)20-13-14-21(29)28(27-20)15-16-32-19-7-5-4-6-8-19/h4-14H,15-16H2,1-3H3,(H,25,31)(H,26,30). The summed E-state index contributed by atoms with van der Waals surface area (Å²) in [6.45, 7) is 6.14.